The van der Waals surface area contributed by atoms with Crippen LogP contribution in [0.1, 0.15) is 58.4 Å². The van der Waals surface area contributed by atoms with Crippen LogP contribution in [-0.2, 0) is 25.8 Å². The van der Waals surface area contributed by atoms with Gasteiger partial charge >= 0.3 is 0 Å². The van der Waals surface area contributed by atoms with E-state index in [0.29, 0.717) is 24.0 Å². The Balaban J connectivity index is 1.65. The molecule has 1 heterocycles. The highest BCUT2D eigenvalue weighted by Gasteiger charge is 2.40. The number of ether oxygens (including phenoxy) is 1. The third-order valence-corrected chi connectivity index (χ3v) is 8.54. The predicted molar refractivity (Wildman–Crippen MR) is 149 cm³/mol. The van der Waals surface area contributed by atoms with E-state index < -0.39 is 17.7 Å². The zero-order chi connectivity index (χ0) is 26.8. The summed E-state index contributed by atoms with van der Waals surface area (Å²) >= 11 is 2.94. The summed E-state index contributed by atoms with van der Waals surface area (Å²) < 4.78 is 5.19. The summed E-state index contributed by atoms with van der Waals surface area (Å²) in [4.78, 5) is 43.9. The second-order valence-corrected chi connectivity index (χ2v) is 12.5. The molecule has 1 aromatic carbocycles. The lowest BCUT2D eigenvalue weighted by molar-refractivity contribution is -0.214. The summed E-state index contributed by atoms with van der Waals surface area (Å²) in [5, 5.41) is 7.49. The summed E-state index contributed by atoms with van der Waals surface area (Å²) in [6.07, 6.45) is 6.30. The van der Waals surface area contributed by atoms with Gasteiger partial charge in [0.1, 0.15) is 17.8 Å². The molecular weight excluding hydrogens is 510 g/mol. The van der Waals surface area contributed by atoms with E-state index in [2.05, 4.69) is 10.6 Å². The molecule has 0 bridgehead atoms. The van der Waals surface area contributed by atoms with Crippen LogP contribution in [0, 0.1) is 5.92 Å². The molecule has 1 aromatic rings. The fraction of sp³-hybridized carbons (Fsp3) is 0.630. The molecule has 37 heavy (non-hydrogen) atoms. The smallest absolute Gasteiger partial charge is 0.246 e. The Kier molecular flexibility index (Phi) is 11.2. The third kappa shape index (κ3) is 9.28. The Morgan fingerprint density at radius 3 is 2.51 bits per heavy atom. The first kappa shape index (κ1) is 29.4. The van der Waals surface area contributed by atoms with Crippen molar-refractivity contribution in [3.63, 3.8) is 0 Å². The molecular formula is C27H39N3O5S2. The number of hydrogen-bond donors (Lipinski definition) is 2. The molecule has 1 aliphatic carbocycles. The minimum atomic E-state index is -0.721. The lowest BCUT2D eigenvalue weighted by Gasteiger charge is -2.31. The first-order valence-electron chi connectivity index (χ1n) is 12.8. The van der Waals surface area contributed by atoms with E-state index >= 15 is 0 Å². The van der Waals surface area contributed by atoms with Gasteiger partial charge < -0.3 is 15.4 Å². The number of methoxy groups -OCH3 is 1. The fourth-order valence-corrected chi connectivity index (χ4v) is 6.53. The Hall–Kier alpha value is -2.13. The van der Waals surface area contributed by atoms with Gasteiger partial charge in [-0.2, -0.15) is 11.8 Å². The summed E-state index contributed by atoms with van der Waals surface area (Å²) in [5.74, 6) is 4.52. The van der Waals surface area contributed by atoms with E-state index in [4.69, 9.17) is 9.57 Å². The largest absolute Gasteiger partial charge is 0.497 e. The number of thioether (sulfide) groups is 2. The zero-order valence-corrected chi connectivity index (χ0v) is 23.8. The standard InChI is InChI=1S/C27H39N3O5S2/c1-27(2,3)35-30-23(18-37-24(30)15-31)26(33)29-22(17-36-16-20-8-6-5-7-9-20)25(32)28-14-19-10-12-21(34-4)13-11-19/h10-13,20,22-23H,5-9,14,16-18H2,1-4H3,(H,28,32)(H,29,33)/t22-,23-/m0/s1. The van der Waals surface area contributed by atoms with Gasteiger partial charge in [-0.1, -0.05) is 43.2 Å². The molecule has 0 aromatic heterocycles. The Morgan fingerprint density at radius 1 is 1.19 bits per heavy atom. The van der Waals surface area contributed by atoms with E-state index in [1.807, 2.05) is 51.0 Å². The minimum Gasteiger partial charge on any atom is -0.497 e. The van der Waals surface area contributed by atoms with E-state index in [-0.39, 0.29) is 16.8 Å². The van der Waals surface area contributed by atoms with Crippen molar-refractivity contribution in [3.05, 3.63) is 34.9 Å². The average Bonchev–Trinajstić information content (AvgIpc) is 3.28. The number of hydroxylamine groups is 2. The van der Waals surface area contributed by atoms with Crippen molar-refractivity contribution in [2.24, 2.45) is 5.92 Å². The molecule has 2 N–H and O–H groups in total. The molecule has 0 spiro atoms. The van der Waals surface area contributed by atoms with Gasteiger partial charge in [-0.15, -0.1) is 0 Å². The number of carbonyl (C=O) groups excluding carboxylic acids is 3. The minimum absolute atomic E-state index is 0.236. The second kappa shape index (κ2) is 14.1. The van der Waals surface area contributed by atoms with Gasteiger partial charge in [0.05, 0.1) is 12.7 Å². The maximum Gasteiger partial charge on any atom is 0.246 e. The fourth-order valence-electron chi connectivity index (χ4n) is 4.30. The van der Waals surface area contributed by atoms with Crippen molar-refractivity contribution in [1.29, 1.82) is 0 Å². The van der Waals surface area contributed by atoms with Crippen LogP contribution < -0.4 is 15.4 Å². The van der Waals surface area contributed by atoms with Crippen molar-refractivity contribution in [2.45, 2.75) is 77.1 Å². The zero-order valence-electron chi connectivity index (χ0n) is 22.2. The summed E-state index contributed by atoms with van der Waals surface area (Å²) in [6, 6.07) is 6.07. The Morgan fingerprint density at radius 2 is 1.89 bits per heavy atom. The first-order chi connectivity index (χ1) is 17.7. The lowest BCUT2D eigenvalue weighted by Crippen LogP contribution is -2.54. The van der Waals surface area contributed by atoms with Gasteiger partial charge in [0.2, 0.25) is 11.8 Å². The molecule has 1 aliphatic heterocycles. The van der Waals surface area contributed by atoms with Gasteiger partial charge in [0, 0.05) is 18.1 Å². The topological polar surface area (TPSA) is 97.0 Å². The highest BCUT2D eigenvalue weighted by Crippen LogP contribution is 2.33. The van der Waals surface area contributed by atoms with Gasteiger partial charge in [0.25, 0.3) is 0 Å². The number of nitrogens with one attached hydrogen (secondary N) is 2. The number of benzene rings is 1. The molecule has 2 amide bonds. The third-order valence-electron chi connectivity index (χ3n) is 6.24. The molecule has 3 rings (SSSR count). The predicted octanol–water partition coefficient (Wildman–Crippen LogP) is 3.93. The van der Waals surface area contributed by atoms with Gasteiger partial charge in [-0.25, -0.2) is 9.86 Å². The molecule has 1 saturated heterocycles. The van der Waals surface area contributed by atoms with Crippen LogP contribution in [0.4, 0.5) is 0 Å². The normalized spacial score (nSPS) is 19.3. The maximum absolute atomic E-state index is 13.3. The van der Waals surface area contributed by atoms with Crippen LogP contribution in [0.25, 0.3) is 0 Å². The van der Waals surface area contributed by atoms with Gasteiger partial charge in [-0.3, -0.25) is 14.4 Å². The van der Waals surface area contributed by atoms with Crippen LogP contribution in [0.2, 0.25) is 0 Å². The number of carbonyl (C=O) groups is 2. The first-order valence-corrected chi connectivity index (χ1v) is 15.0. The average molecular weight is 550 g/mol. The van der Waals surface area contributed by atoms with Crippen molar-refractivity contribution >= 4 is 41.3 Å². The maximum atomic E-state index is 13.3. The highest BCUT2D eigenvalue weighted by atomic mass is 32.2. The van der Waals surface area contributed by atoms with Crippen LogP contribution in [0.3, 0.4) is 0 Å². The number of amides is 2. The molecule has 0 radical (unpaired) electrons. The van der Waals surface area contributed by atoms with Gasteiger partial charge in [-0.05, 0) is 63.0 Å². The van der Waals surface area contributed by atoms with Crippen molar-refractivity contribution in [2.75, 3.05) is 24.4 Å². The summed E-state index contributed by atoms with van der Waals surface area (Å²) in [7, 11) is 1.61. The van der Waals surface area contributed by atoms with Crippen molar-refractivity contribution in [1.82, 2.24) is 15.7 Å². The molecule has 10 heteroatoms. The summed E-state index contributed by atoms with van der Waals surface area (Å²) in [6.45, 7) is 5.90. The Bertz CT molecular complexity index is 954. The summed E-state index contributed by atoms with van der Waals surface area (Å²) in [5.41, 5.74) is 0.336. The van der Waals surface area contributed by atoms with Gasteiger partial charge in [0.15, 0.2) is 11.0 Å². The van der Waals surface area contributed by atoms with E-state index in [1.165, 1.54) is 48.9 Å². The number of rotatable bonds is 11. The molecule has 8 nitrogen and oxygen atoms in total. The van der Waals surface area contributed by atoms with Crippen LogP contribution in [-0.4, -0.2) is 64.9 Å². The molecule has 0 unspecified atom stereocenters. The number of hydrogen-bond acceptors (Lipinski definition) is 8. The molecule has 1 saturated carbocycles. The molecule has 2 aliphatic rings. The van der Waals surface area contributed by atoms with E-state index in [1.54, 1.807) is 18.9 Å². The lowest BCUT2D eigenvalue weighted by atomic mass is 9.91. The SMILES string of the molecule is COc1ccc(CNC(=O)[C@H](CSCC2CCCCC2)NC(=O)[C@@H]2CSC(=C=O)N2OC(C)(C)C)cc1. The molecule has 2 atom stereocenters. The van der Waals surface area contributed by atoms with Crippen molar-refractivity contribution in [3.8, 4) is 5.75 Å². The molecule has 2 fully saturated rings. The van der Waals surface area contributed by atoms with E-state index in [0.717, 1.165) is 17.1 Å². The monoisotopic (exact) mass is 549 g/mol. The van der Waals surface area contributed by atoms with Crippen LogP contribution in [0.15, 0.2) is 29.3 Å². The highest BCUT2D eigenvalue weighted by molar-refractivity contribution is 8.03. The molecule has 204 valence electrons. The number of nitrogens with zero attached hydrogens (tertiary/aromatic N) is 1. The van der Waals surface area contributed by atoms with Crippen LogP contribution >= 0.6 is 23.5 Å². The quantitative estimate of drug-likeness (QED) is 0.401. The van der Waals surface area contributed by atoms with E-state index in [9.17, 15) is 14.4 Å². The second-order valence-electron chi connectivity index (χ2n) is 10.4. The van der Waals surface area contributed by atoms with Crippen LogP contribution in [0.5, 0.6) is 5.75 Å². The van der Waals surface area contributed by atoms with Crippen molar-refractivity contribution < 1.29 is 24.0 Å². The Labute approximate surface area is 228 Å².